The number of nitro groups is 1. The van der Waals surface area contributed by atoms with Crippen molar-refractivity contribution in [3.8, 4) is 0 Å². The molecule has 5 heteroatoms. The van der Waals surface area contributed by atoms with E-state index in [1.165, 1.54) is 13.8 Å². The summed E-state index contributed by atoms with van der Waals surface area (Å²) < 4.78 is 0. The molecule has 0 unspecified atom stereocenters. The maximum Gasteiger partial charge on any atom is 0.194 e. The molecule has 0 N–H and O–H groups in total. The Morgan fingerprint density at radius 1 is 1.10 bits per heavy atom. The topological polar surface area (TPSA) is 77.3 Å². The van der Waals surface area contributed by atoms with Crippen molar-refractivity contribution in [1.29, 1.82) is 0 Å². The molecule has 1 aromatic rings. The summed E-state index contributed by atoms with van der Waals surface area (Å²) in [6.07, 6.45) is 0. The number of Topliss-reactive ketones (excluding diaryl/α,β-unsaturated/α-hetero) is 2. The molecule has 0 aliphatic carbocycles. The summed E-state index contributed by atoms with van der Waals surface area (Å²) in [6, 6.07) is 7.49. The number of nitrogens with zero attached hydrogens (tertiary/aromatic N) is 1. The van der Waals surface area contributed by atoms with Crippen LogP contribution in [0.15, 0.2) is 24.3 Å². The minimum absolute atomic E-state index is 0.0909. The van der Waals surface area contributed by atoms with E-state index in [0.29, 0.717) is 0 Å². The Morgan fingerprint density at radius 3 is 1.75 bits per heavy atom. The zero-order valence-electron chi connectivity index (χ0n) is 13.0. The second kappa shape index (κ2) is 10.8. The maximum atomic E-state index is 11.3. The van der Waals surface area contributed by atoms with Crippen LogP contribution < -0.4 is 0 Å². The minimum atomic E-state index is -0.587. The van der Waals surface area contributed by atoms with Gasteiger partial charge in [0.15, 0.2) is 7.05 Å². The molecule has 0 bridgehead atoms. The molecular formula is C15H23NO4. The number of carbonyl (C=O) groups excluding carboxylic acids is 2. The Hall–Kier alpha value is -2.04. The third kappa shape index (κ3) is 8.13. The zero-order chi connectivity index (χ0) is 16.3. The fourth-order valence-electron chi connectivity index (χ4n) is 1.63. The Bertz CT molecular complexity index is 437. The van der Waals surface area contributed by atoms with Gasteiger partial charge in [-0.25, -0.2) is 0 Å². The quantitative estimate of drug-likeness (QED) is 0.484. The normalized spacial score (nSPS) is 8.75. The van der Waals surface area contributed by atoms with Crippen molar-refractivity contribution < 1.29 is 14.5 Å². The molecule has 112 valence electrons. The van der Waals surface area contributed by atoms with E-state index < -0.39 is 10.8 Å². The molecule has 0 spiro atoms. The predicted molar refractivity (Wildman–Crippen MR) is 79.5 cm³/mol. The SMILES string of the molecule is CC.CC(=O)C(C(C)=O)c1ccccc1C.C[N+](=O)[O-]. The number of rotatable bonds is 3. The van der Waals surface area contributed by atoms with E-state index in [2.05, 4.69) is 0 Å². The van der Waals surface area contributed by atoms with Crippen molar-refractivity contribution in [2.75, 3.05) is 7.05 Å². The van der Waals surface area contributed by atoms with Crippen LogP contribution in [0.2, 0.25) is 0 Å². The monoisotopic (exact) mass is 281 g/mol. The van der Waals surface area contributed by atoms with Crippen molar-refractivity contribution in [2.24, 2.45) is 0 Å². The highest BCUT2D eigenvalue weighted by molar-refractivity contribution is 6.05. The summed E-state index contributed by atoms with van der Waals surface area (Å²) in [5.74, 6) is -0.769. The van der Waals surface area contributed by atoms with Gasteiger partial charge in [0.2, 0.25) is 0 Å². The first-order chi connectivity index (χ1) is 9.27. The highest BCUT2D eigenvalue weighted by Crippen LogP contribution is 2.21. The van der Waals surface area contributed by atoms with Crippen LogP contribution in [0.25, 0.3) is 0 Å². The molecule has 0 fully saturated rings. The summed E-state index contributed by atoms with van der Waals surface area (Å²) >= 11 is 0. The van der Waals surface area contributed by atoms with Crippen molar-refractivity contribution in [1.82, 2.24) is 0 Å². The first kappa shape index (κ1) is 20.3. The number of carbonyl (C=O) groups is 2. The van der Waals surface area contributed by atoms with Crippen molar-refractivity contribution in [3.63, 3.8) is 0 Å². The van der Waals surface area contributed by atoms with Gasteiger partial charge >= 0.3 is 0 Å². The van der Waals surface area contributed by atoms with Crippen molar-refractivity contribution in [2.45, 2.75) is 40.5 Å². The van der Waals surface area contributed by atoms with E-state index in [1.807, 2.05) is 45.0 Å². The molecule has 0 atom stereocenters. The molecule has 5 nitrogen and oxygen atoms in total. The summed E-state index contributed by atoms with van der Waals surface area (Å²) in [6.45, 7) is 8.82. The molecule has 1 aromatic carbocycles. The number of hydrogen-bond donors (Lipinski definition) is 0. The number of ketones is 2. The molecule has 0 amide bonds. The highest BCUT2D eigenvalue weighted by atomic mass is 16.6. The lowest BCUT2D eigenvalue weighted by Crippen LogP contribution is -2.17. The van der Waals surface area contributed by atoms with E-state index in [9.17, 15) is 9.59 Å². The molecule has 0 aliphatic rings. The van der Waals surface area contributed by atoms with Crippen LogP contribution in [-0.2, 0) is 9.59 Å². The van der Waals surface area contributed by atoms with Gasteiger partial charge in [-0.2, -0.15) is 0 Å². The molecule has 1 rings (SSSR count). The summed E-state index contributed by atoms with van der Waals surface area (Å²) in [5.41, 5.74) is 1.82. The Labute approximate surface area is 120 Å². The lowest BCUT2D eigenvalue weighted by atomic mass is 9.89. The van der Waals surface area contributed by atoms with E-state index in [4.69, 9.17) is 10.1 Å². The molecule has 0 saturated heterocycles. The number of aryl methyl sites for hydroxylation is 1. The first-order valence-corrected chi connectivity index (χ1v) is 6.41. The van der Waals surface area contributed by atoms with Gasteiger partial charge in [0.05, 0.1) is 0 Å². The zero-order valence-corrected chi connectivity index (χ0v) is 13.0. The van der Waals surface area contributed by atoms with Crippen molar-refractivity contribution in [3.05, 3.63) is 45.5 Å². The van der Waals surface area contributed by atoms with E-state index in [-0.39, 0.29) is 11.6 Å². The molecular weight excluding hydrogens is 258 g/mol. The maximum absolute atomic E-state index is 11.3. The average molecular weight is 281 g/mol. The van der Waals surface area contributed by atoms with Crippen LogP contribution >= 0.6 is 0 Å². The fraction of sp³-hybridized carbons (Fsp3) is 0.467. The summed E-state index contributed by atoms with van der Waals surface area (Å²) in [7, 11) is 0.889. The number of hydrogen-bond acceptors (Lipinski definition) is 4. The predicted octanol–water partition coefficient (Wildman–Crippen LogP) is 3.18. The van der Waals surface area contributed by atoms with Gasteiger partial charge in [-0.05, 0) is 31.9 Å². The average Bonchev–Trinajstić information content (AvgIpc) is 2.33. The van der Waals surface area contributed by atoms with Gasteiger partial charge in [-0.3, -0.25) is 19.7 Å². The van der Waals surface area contributed by atoms with E-state index in [1.54, 1.807) is 0 Å². The number of benzene rings is 1. The third-order valence-corrected chi connectivity index (χ3v) is 2.31. The fourth-order valence-corrected chi connectivity index (χ4v) is 1.63. The lowest BCUT2D eigenvalue weighted by Gasteiger charge is -2.12. The van der Waals surface area contributed by atoms with Crippen molar-refractivity contribution >= 4 is 11.6 Å². The van der Waals surface area contributed by atoms with E-state index in [0.717, 1.165) is 18.2 Å². The second-order valence-corrected chi connectivity index (χ2v) is 3.95. The lowest BCUT2D eigenvalue weighted by molar-refractivity contribution is -0.445. The first-order valence-electron chi connectivity index (χ1n) is 6.41. The van der Waals surface area contributed by atoms with Crippen LogP contribution in [0.4, 0.5) is 0 Å². The highest BCUT2D eigenvalue weighted by Gasteiger charge is 2.22. The molecule has 0 radical (unpaired) electrons. The van der Waals surface area contributed by atoms with Crippen LogP contribution in [0.3, 0.4) is 0 Å². The molecule has 0 aliphatic heterocycles. The summed E-state index contributed by atoms with van der Waals surface area (Å²) in [4.78, 5) is 30.9. The Kier molecular flexibility index (Phi) is 11.0. The van der Waals surface area contributed by atoms with Gasteiger partial charge in [0, 0.05) is 4.92 Å². The molecule has 0 heterocycles. The van der Waals surface area contributed by atoms with Gasteiger partial charge in [-0.1, -0.05) is 38.1 Å². The Balaban J connectivity index is 0. The Morgan fingerprint density at radius 2 is 1.45 bits per heavy atom. The summed E-state index contributed by atoms with van der Waals surface area (Å²) in [5, 5.41) is 8.81. The van der Waals surface area contributed by atoms with Gasteiger partial charge in [-0.15, -0.1) is 0 Å². The van der Waals surface area contributed by atoms with Gasteiger partial charge in [0.25, 0.3) is 0 Å². The second-order valence-electron chi connectivity index (χ2n) is 3.95. The molecule has 20 heavy (non-hydrogen) atoms. The molecule has 0 aromatic heterocycles. The minimum Gasteiger partial charge on any atom is -0.299 e. The van der Waals surface area contributed by atoms with Crippen LogP contribution in [-0.4, -0.2) is 23.5 Å². The molecule has 0 saturated carbocycles. The van der Waals surface area contributed by atoms with Crippen LogP contribution in [0.5, 0.6) is 0 Å². The van der Waals surface area contributed by atoms with Gasteiger partial charge < -0.3 is 0 Å². The smallest absolute Gasteiger partial charge is 0.194 e. The third-order valence-electron chi connectivity index (χ3n) is 2.31. The largest absolute Gasteiger partial charge is 0.299 e. The van der Waals surface area contributed by atoms with Crippen LogP contribution in [0, 0.1) is 17.0 Å². The van der Waals surface area contributed by atoms with Crippen LogP contribution in [0.1, 0.15) is 44.7 Å². The van der Waals surface area contributed by atoms with E-state index >= 15 is 0 Å². The standard InChI is InChI=1S/C12H14O2.C2H6.CH3NO2/c1-8-6-4-5-7-11(8)12(9(2)13)10(3)14;1-2;1-2(3)4/h4-7,12H,1-3H3;1-2H3;1H3. The van der Waals surface area contributed by atoms with Gasteiger partial charge in [0.1, 0.15) is 17.5 Å².